The number of rotatable bonds is 7. The maximum Gasteiger partial charge on any atom is 0.239 e. The minimum atomic E-state index is -3.65. The van der Waals surface area contributed by atoms with E-state index in [-0.39, 0.29) is 18.9 Å². The molecule has 1 amide bonds. The van der Waals surface area contributed by atoms with Gasteiger partial charge in [0.25, 0.3) is 0 Å². The highest BCUT2D eigenvalue weighted by molar-refractivity contribution is 7.88. The molecule has 27 heavy (non-hydrogen) atoms. The van der Waals surface area contributed by atoms with E-state index in [9.17, 15) is 18.0 Å². The predicted octanol–water partition coefficient (Wildman–Crippen LogP) is 3.60. The van der Waals surface area contributed by atoms with Crippen LogP contribution in [0.1, 0.15) is 22.8 Å². The van der Waals surface area contributed by atoms with Crippen molar-refractivity contribution in [3.63, 3.8) is 0 Å². The van der Waals surface area contributed by atoms with Gasteiger partial charge in [-0.15, -0.1) is 0 Å². The molecule has 2 aromatic carbocycles. The molecule has 2 rings (SSSR count). The van der Waals surface area contributed by atoms with Crippen LogP contribution < -0.4 is 5.32 Å². The molecule has 0 aromatic heterocycles. The second-order valence-electron chi connectivity index (χ2n) is 5.96. The summed E-state index contributed by atoms with van der Waals surface area (Å²) in [6.07, 6.45) is 1.02. The molecule has 0 aliphatic heterocycles. The molecule has 0 fully saturated rings. The van der Waals surface area contributed by atoms with Crippen molar-refractivity contribution in [3.05, 3.63) is 63.6 Å². The van der Waals surface area contributed by atoms with Gasteiger partial charge in [0, 0.05) is 17.8 Å². The number of carbonyl (C=O) groups excluding carboxylic acids is 2. The average Bonchev–Trinajstić information content (AvgIpc) is 2.57. The van der Waals surface area contributed by atoms with Gasteiger partial charge in [-0.1, -0.05) is 41.4 Å². The molecule has 2 aromatic rings. The van der Waals surface area contributed by atoms with Gasteiger partial charge in [-0.2, -0.15) is 4.31 Å². The van der Waals surface area contributed by atoms with Gasteiger partial charge in [-0.25, -0.2) is 8.42 Å². The third kappa shape index (κ3) is 6.32. The lowest BCUT2D eigenvalue weighted by atomic mass is 10.1. The number of amides is 1. The van der Waals surface area contributed by atoms with Crippen LogP contribution in [0.25, 0.3) is 0 Å². The molecule has 144 valence electrons. The minimum absolute atomic E-state index is 0.0311. The number of halogens is 2. The third-order valence-corrected chi connectivity index (χ3v) is 5.62. The molecule has 0 bridgehead atoms. The molecule has 0 aliphatic carbocycles. The monoisotopic (exact) mass is 428 g/mol. The number of sulfonamides is 1. The molecule has 0 saturated heterocycles. The Bertz CT molecular complexity index is 977. The summed E-state index contributed by atoms with van der Waals surface area (Å²) in [6, 6.07) is 11.2. The first-order valence-electron chi connectivity index (χ1n) is 7.86. The number of carbonyl (C=O) groups is 2. The summed E-state index contributed by atoms with van der Waals surface area (Å²) in [7, 11) is -3.65. The zero-order valence-corrected chi connectivity index (χ0v) is 17.0. The van der Waals surface area contributed by atoms with E-state index in [0.717, 1.165) is 10.6 Å². The normalized spacial score (nSPS) is 11.4. The van der Waals surface area contributed by atoms with Crippen molar-refractivity contribution in [2.45, 2.75) is 13.5 Å². The maximum atomic E-state index is 12.3. The van der Waals surface area contributed by atoms with Gasteiger partial charge in [0.15, 0.2) is 5.78 Å². The Hall–Kier alpha value is -1.93. The van der Waals surface area contributed by atoms with Gasteiger partial charge in [0.2, 0.25) is 15.9 Å². The first-order chi connectivity index (χ1) is 12.6. The van der Waals surface area contributed by atoms with Gasteiger partial charge >= 0.3 is 0 Å². The van der Waals surface area contributed by atoms with Crippen molar-refractivity contribution in [1.82, 2.24) is 4.31 Å². The highest BCUT2D eigenvalue weighted by Gasteiger charge is 2.21. The summed E-state index contributed by atoms with van der Waals surface area (Å²) >= 11 is 11.8. The number of Topliss-reactive ketones (excluding diaryl/α,β-unsaturated/α-hetero) is 1. The summed E-state index contributed by atoms with van der Waals surface area (Å²) in [4.78, 5) is 23.7. The molecule has 6 nitrogen and oxygen atoms in total. The summed E-state index contributed by atoms with van der Waals surface area (Å²) in [5.41, 5.74) is 1.46. The number of benzene rings is 2. The number of nitrogens with one attached hydrogen (secondary N) is 1. The van der Waals surface area contributed by atoms with Crippen LogP contribution in [0.3, 0.4) is 0 Å². The largest absolute Gasteiger partial charge is 0.325 e. The molecule has 0 unspecified atom stereocenters. The summed E-state index contributed by atoms with van der Waals surface area (Å²) < 4.78 is 25.1. The fourth-order valence-corrected chi connectivity index (χ4v) is 3.36. The van der Waals surface area contributed by atoms with Gasteiger partial charge in [-0.05, 0) is 36.8 Å². The predicted molar refractivity (Wildman–Crippen MR) is 107 cm³/mol. The van der Waals surface area contributed by atoms with Crippen molar-refractivity contribution in [1.29, 1.82) is 0 Å². The minimum Gasteiger partial charge on any atom is -0.325 e. The van der Waals surface area contributed by atoms with E-state index in [1.807, 2.05) is 0 Å². The molecular weight excluding hydrogens is 411 g/mol. The number of hydrogen-bond acceptors (Lipinski definition) is 4. The van der Waals surface area contributed by atoms with Gasteiger partial charge < -0.3 is 5.32 Å². The van der Waals surface area contributed by atoms with Crippen LogP contribution in [0.2, 0.25) is 10.0 Å². The van der Waals surface area contributed by atoms with Crippen LogP contribution >= 0.6 is 23.2 Å². The van der Waals surface area contributed by atoms with E-state index >= 15 is 0 Å². The van der Waals surface area contributed by atoms with Crippen LogP contribution in [-0.2, 0) is 21.4 Å². The van der Waals surface area contributed by atoms with Crippen LogP contribution in [-0.4, -0.2) is 37.2 Å². The van der Waals surface area contributed by atoms with Crippen LogP contribution in [0.4, 0.5) is 5.69 Å². The summed E-state index contributed by atoms with van der Waals surface area (Å²) in [5.74, 6) is -0.662. The van der Waals surface area contributed by atoms with Crippen molar-refractivity contribution >= 4 is 50.6 Å². The molecular formula is C18H18Cl2N2O4S. The lowest BCUT2D eigenvalue weighted by Gasteiger charge is -2.20. The Morgan fingerprint density at radius 2 is 1.78 bits per heavy atom. The van der Waals surface area contributed by atoms with Crippen molar-refractivity contribution in [2.24, 2.45) is 0 Å². The standard InChI is InChI=1S/C18H18Cl2N2O4S/c1-12(23)14-4-3-5-15(9-14)21-18(24)11-22(27(2,25)26)10-13-6-7-16(19)17(20)8-13/h3-9H,10-11H2,1-2H3,(H,21,24). The fourth-order valence-electron chi connectivity index (χ4n) is 2.31. The van der Waals surface area contributed by atoms with Crippen LogP contribution in [0, 0.1) is 0 Å². The van der Waals surface area contributed by atoms with Gasteiger partial charge in [0.1, 0.15) is 0 Å². The van der Waals surface area contributed by atoms with Gasteiger partial charge in [0.05, 0.1) is 22.8 Å². The van der Waals surface area contributed by atoms with Crippen molar-refractivity contribution < 1.29 is 18.0 Å². The quantitative estimate of drug-likeness (QED) is 0.682. The second-order valence-corrected chi connectivity index (χ2v) is 8.76. The molecule has 0 radical (unpaired) electrons. The molecule has 0 aliphatic rings. The third-order valence-electron chi connectivity index (χ3n) is 3.68. The van der Waals surface area contributed by atoms with E-state index in [1.165, 1.54) is 13.0 Å². The summed E-state index contributed by atoms with van der Waals surface area (Å²) in [6.45, 7) is 1.00. The van der Waals surface area contributed by atoms with Gasteiger partial charge in [-0.3, -0.25) is 9.59 Å². The Labute approximate surface area is 168 Å². The molecule has 0 heterocycles. The Morgan fingerprint density at radius 1 is 1.07 bits per heavy atom. The Morgan fingerprint density at radius 3 is 2.37 bits per heavy atom. The molecule has 0 atom stereocenters. The topological polar surface area (TPSA) is 83.6 Å². The van der Waals surface area contributed by atoms with E-state index in [2.05, 4.69) is 5.32 Å². The number of ketones is 1. The molecule has 0 saturated carbocycles. The zero-order chi connectivity index (χ0) is 20.2. The highest BCUT2D eigenvalue weighted by Crippen LogP contribution is 2.23. The smallest absolute Gasteiger partial charge is 0.239 e. The average molecular weight is 429 g/mol. The summed E-state index contributed by atoms with van der Waals surface area (Å²) in [5, 5.41) is 3.26. The number of nitrogens with zero attached hydrogens (tertiary/aromatic N) is 1. The van der Waals surface area contributed by atoms with Crippen LogP contribution in [0.5, 0.6) is 0 Å². The first kappa shape index (κ1) is 21.4. The van der Waals surface area contributed by atoms with Crippen molar-refractivity contribution in [3.8, 4) is 0 Å². The lowest BCUT2D eigenvalue weighted by Crippen LogP contribution is -2.36. The molecule has 1 N–H and O–H groups in total. The maximum absolute atomic E-state index is 12.3. The molecule has 9 heteroatoms. The number of anilines is 1. The van der Waals surface area contributed by atoms with E-state index in [1.54, 1.807) is 36.4 Å². The highest BCUT2D eigenvalue weighted by atomic mass is 35.5. The number of hydrogen-bond donors (Lipinski definition) is 1. The fraction of sp³-hybridized carbons (Fsp3) is 0.222. The SMILES string of the molecule is CC(=O)c1cccc(NC(=O)CN(Cc2ccc(Cl)c(Cl)c2)S(C)(=O)=O)c1. The van der Waals surface area contributed by atoms with E-state index < -0.39 is 15.9 Å². The first-order valence-corrected chi connectivity index (χ1v) is 10.5. The van der Waals surface area contributed by atoms with E-state index in [0.29, 0.717) is 26.9 Å². The zero-order valence-electron chi connectivity index (χ0n) is 14.7. The molecule has 0 spiro atoms. The Kier molecular flexibility index (Phi) is 7.00. The lowest BCUT2D eigenvalue weighted by molar-refractivity contribution is -0.116. The van der Waals surface area contributed by atoms with E-state index in [4.69, 9.17) is 23.2 Å². The Balaban J connectivity index is 2.13. The van der Waals surface area contributed by atoms with Crippen LogP contribution in [0.15, 0.2) is 42.5 Å². The second kappa shape index (κ2) is 8.84. The van der Waals surface area contributed by atoms with Crippen molar-refractivity contribution in [2.75, 3.05) is 18.1 Å².